The zero-order chi connectivity index (χ0) is 13.7. The van der Waals surface area contributed by atoms with Crippen LogP contribution in [0, 0.1) is 0 Å². The lowest BCUT2D eigenvalue weighted by Crippen LogP contribution is -2.30. The van der Waals surface area contributed by atoms with Gasteiger partial charge < -0.3 is 20.4 Å². The molecule has 1 aliphatic rings. The van der Waals surface area contributed by atoms with Crippen molar-refractivity contribution in [1.82, 2.24) is 10.2 Å². The molecule has 1 aromatic rings. The number of nitrogens with two attached hydrogens (primary N) is 1. The maximum atomic E-state index is 8.74. The SMILES string of the molecule is COC1CCCC(Oc2nnccc2/C(N)=N/O)C1. The van der Waals surface area contributed by atoms with Crippen LogP contribution >= 0.6 is 0 Å². The van der Waals surface area contributed by atoms with Crippen LogP contribution in [0.2, 0.25) is 0 Å². The second-order valence-corrected chi connectivity index (χ2v) is 4.50. The first kappa shape index (κ1) is 13.5. The third kappa shape index (κ3) is 3.31. The van der Waals surface area contributed by atoms with E-state index >= 15 is 0 Å². The Balaban J connectivity index is 2.10. The molecule has 0 saturated heterocycles. The molecule has 7 nitrogen and oxygen atoms in total. The van der Waals surface area contributed by atoms with Crippen molar-refractivity contribution < 1.29 is 14.7 Å². The summed E-state index contributed by atoms with van der Waals surface area (Å²) < 4.78 is 11.2. The highest BCUT2D eigenvalue weighted by molar-refractivity contribution is 5.98. The van der Waals surface area contributed by atoms with Crippen molar-refractivity contribution in [1.29, 1.82) is 0 Å². The quantitative estimate of drug-likeness (QED) is 0.363. The van der Waals surface area contributed by atoms with Crippen LogP contribution in [-0.2, 0) is 4.74 Å². The highest BCUT2D eigenvalue weighted by atomic mass is 16.5. The van der Waals surface area contributed by atoms with Crippen molar-refractivity contribution in [3.8, 4) is 5.88 Å². The minimum absolute atomic E-state index is 0.0145. The van der Waals surface area contributed by atoms with E-state index in [1.54, 1.807) is 13.2 Å². The molecule has 1 aliphatic carbocycles. The topological polar surface area (TPSA) is 103 Å². The average molecular weight is 266 g/mol. The molecule has 1 saturated carbocycles. The lowest BCUT2D eigenvalue weighted by molar-refractivity contribution is 0.0191. The van der Waals surface area contributed by atoms with Crippen molar-refractivity contribution in [2.45, 2.75) is 37.9 Å². The third-order valence-corrected chi connectivity index (χ3v) is 3.26. The van der Waals surface area contributed by atoms with Crippen LogP contribution in [-0.4, -0.2) is 40.6 Å². The summed E-state index contributed by atoms with van der Waals surface area (Å²) in [5.41, 5.74) is 6.02. The number of amidine groups is 1. The van der Waals surface area contributed by atoms with Gasteiger partial charge in [0.1, 0.15) is 6.10 Å². The fourth-order valence-electron chi connectivity index (χ4n) is 2.24. The second kappa shape index (κ2) is 6.33. The Bertz CT molecular complexity index is 452. The number of hydrogen-bond acceptors (Lipinski definition) is 6. The van der Waals surface area contributed by atoms with Gasteiger partial charge in [-0.15, -0.1) is 5.10 Å². The summed E-state index contributed by atoms with van der Waals surface area (Å²) in [6, 6.07) is 1.61. The van der Waals surface area contributed by atoms with Gasteiger partial charge in [0.15, 0.2) is 5.84 Å². The van der Waals surface area contributed by atoms with E-state index in [2.05, 4.69) is 15.4 Å². The molecule has 1 heterocycles. The summed E-state index contributed by atoms with van der Waals surface area (Å²) in [6.07, 6.45) is 5.53. The monoisotopic (exact) mass is 266 g/mol. The van der Waals surface area contributed by atoms with E-state index in [0.29, 0.717) is 11.4 Å². The van der Waals surface area contributed by atoms with E-state index in [0.717, 1.165) is 25.7 Å². The van der Waals surface area contributed by atoms with Crippen LogP contribution in [0.1, 0.15) is 31.2 Å². The van der Waals surface area contributed by atoms with Gasteiger partial charge in [-0.1, -0.05) is 5.16 Å². The third-order valence-electron chi connectivity index (χ3n) is 3.26. The molecule has 0 bridgehead atoms. The molecule has 104 valence electrons. The van der Waals surface area contributed by atoms with E-state index < -0.39 is 0 Å². The van der Waals surface area contributed by atoms with Gasteiger partial charge in [-0.3, -0.25) is 0 Å². The second-order valence-electron chi connectivity index (χ2n) is 4.50. The number of aromatic nitrogens is 2. The smallest absolute Gasteiger partial charge is 0.244 e. The van der Waals surface area contributed by atoms with Crippen molar-refractivity contribution in [2.24, 2.45) is 10.9 Å². The average Bonchev–Trinajstić information content (AvgIpc) is 2.47. The van der Waals surface area contributed by atoms with Crippen molar-refractivity contribution in [2.75, 3.05) is 7.11 Å². The minimum Gasteiger partial charge on any atom is -0.473 e. The minimum atomic E-state index is -0.0380. The first-order valence-electron chi connectivity index (χ1n) is 6.23. The number of ether oxygens (including phenoxy) is 2. The van der Waals surface area contributed by atoms with Gasteiger partial charge >= 0.3 is 0 Å². The van der Waals surface area contributed by atoms with Crippen LogP contribution < -0.4 is 10.5 Å². The van der Waals surface area contributed by atoms with E-state index in [-0.39, 0.29) is 18.0 Å². The van der Waals surface area contributed by atoms with Crippen LogP contribution in [0.15, 0.2) is 17.4 Å². The first-order chi connectivity index (χ1) is 9.24. The van der Waals surface area contributed by atoms with Gasteiger partial charge in [-0.25, -0.2) is 0 Å². The van der Waals surface area contributed by atoms with Gasteiger partial charge in [-0.2, -0.15) is 5.10 Å². The van der Waals surface area contributed by atoms with Gasteiger partial charge in [0, 0.05) is 13.5 Å². The van der Waals surface area contributed by atoms with Gasteiger partial charge in [0.05, 0.1) is 17.9 Å². The molecule has 3 N–H and O–H groups in total. The molecular weight excluding hydrogens is 248 g/mol. The molecular formula is C12H18N4O3. The number of oxime groups is 1. The fourth-order valence-corrected chi connectivity index (χ4v) is 2.24. The van der Waals surface area contributed by atoms with Crippen LogP contribution in [0.4, 0.5) is 0 Å². The summed E-state index contributed by atoms with van der Waals surface area (Å²) >= 11 is 0. The summed E-state index contributed by atoms with van der Waals surface area (Å²) in [4.78, 5) is 0. The molecule has 1 aromatic heterocycles. The standard InChI is InChI=1S/C12H18N4O3/c1-18-8-3-2-4-9(7-8)19-12-10(11(13)16-17)5-6-14-15-12/h5-6,8-9,17H,2-4,7H2,1H3,(H2,13,16). The predicted octanol–water partition coefficient (Wildman–Crippen LogP) is 0.907. The summed E-state index contributed by atoms with van der Waals surface area (Å²) in [7, 11) is 1.71. The van der Waals surface area contributed by atoms with Crippen LogP contribution in [0.25, 0.3) is 0 Å². The number of methoxy groups -OCH3 is 1. The molecule has 7 heteroatoms. The Morgan fingerprint density at radius 2 is 2.26 bits per heavy atom. The predicted molar refractivity (Wildman–Crippen MR) is 68.2 cm³/mol. The summed E-state index contributed by atoms with van der Waals surface area (Å²) in [5, 5.41) is 19.4. The maximum Gasteiger partial charge on any atom is 0.244 e. The van der Waals surface area contributed by atoms with Gasteiger partial charge in [0.2, 0.25) is 5.88 Å². The van der Waals surface area contributed by atoms with Crippen LogP contribution in [0.5, 0.6) is 5.88 Å². The van der Waals surface area contributed by atoms with E-state index in [9.17, 15) is 0 Å². The number of nitrogens with zero attached hydrogens (tertiary/aromatic N) is 3. The van der Waals surface area contributed by atoms with Gasteiger partial charge in [0.25, 0.3) is 0 Å². The van der Waals surface area contributed by atoms with Crippen molar-refractivity contribution >= 4 is 5.84 Å². The number of rotatable bonds is 4. The van der Waals surface area contributed by atoms with Gasteiger partial charge in [-0.05, 0) is 25.3 Å². The Kier molecular flexibility index (Phi) is 4.51. The molecule has 0 spiro atoms. The van der Waals surface area contributed by atoms with E-state index in [4.69, 9.17) is 20.4 Å². The summed E-state index contributed by atoms with van der Waals surface area (Å²) in [6.45, 7) is 0. The zero-order valence-corrected chi connectivity index (χ0v) is 10.8. The van der Waals surface area contributed by atoms with Crippen LogP contribution in [0.3, 0.4) is 0 Å². The molecule has 19 heavy (non-hydrogen) atoms. The van der Waals surface area contributed by atoms with E-state index in [1.807, 2.05) is 0 Å². The summed E-state index contributed by atoms with van der Waals surface area (Å²) in [5.74, 6) is 0.253. The molecule has 1 fully saturated rings. The van der Waals surface area contributed by atoms with Crippen molar-refractivity contribution in [3.05, 3.63) is 17.8 Å². The zero-order valence-electron chi connectivity index (χ0n) is 10.8. The molecule has 0 radical (unpaired) electrons. The normalized spacial score (nSPS) is 24.2. The Labute approximate surface area is 111 Å². The molecule has 2 atom stereocenters. The van der Waals surface area contributed by atoms with E-state index in [1.165, 1.54) is 6.20 Å². The number of hydrogen-bond donors (Lipinski definition) is 2. The Hall–Kier alpha value is -1.89. The fraction of sp³-hybridized carbons (Fsp3) is 0.583. The highest BCUT2D eigenvalue weighted by Crippen LogP contribution is 2.25. The Morgan fingerprint density at radius 1 is 1.47 bits per heavy atom. The lowest BCUT2D eigenvalue weighted by Gasteiger charge is -2.28. The molecule has 0 aliphatic heterocycles. The highest BCUT2D eigenvalue weighted by Gasteiger charge is 2.24. The van der Waals surface area contributed by atoms with Crippen molar-refractivity contribution in [3.63, 3.8) is 0 Å². The maximum absolute atomic E-state index is 8.74. The molecule has 0 amide bonds. The lowest BCUT2D eigenvalue weighted by atomic mass is 9.95. The molecule has 0 aromatic carbocycles. The largest absolute Gasteiger partial charge is 0.473 e. The molecule has 2 unspecified atom stereocenters. The first-order valence-corrected chi connectivity index (χ1v) is 6.23. The molecule has 2 rings (SSSR count). The Morgan fingerprint density at radius 3 is 3.00 bits per heavy atom.